The van der Waals surface area contributed by atoms with Crippen LogP contribution in [0.15, 0.2) is 17.6 Å². The van der Waals surface area contributed by atoms with Crippen molar-refractivity contribution in [1.82, 2.24) is 19.9 Å². The molecule has 1 aromatic carbocycles. The minimum absolute atomic E-state index is 0.0436. The molecule has 0 bridgehead atoms. The predicted octanol–water partition coefficient (Wildman–Crippen LogP) is 3.23. The first-order chi connectivity index (χ1) is 11.1. The number of H-pyrrole nitrogens is 1. The zero-order chi connectivity index (χ0) is 16.1. The molecule has 118 valence electrons. The number of benzene rings is 1. The summed E-state index contributed by atoms with van der Waals surface area (Å²) < 4.78 is 13.9. The van der Waals surface area contributed by atoms with Crippen molar-refractivity contribution in [1.29, 1.82) is 0 Å². The van der Waals surface area contributed by atoms with E-state index in [0.717, 1.165) is 22.6 Å². The number of hydrogen-bond donors (Lipinski definition) is 1. The van der Waals surface area contributed by atoms with Crippen molar-refractivity contribution in [2.45, 2.75) is 26.3 Å². The van der Waals surface area contributed by atoms with Crippen LogP contribution in [0.2, 0.25) is 0 Å². The van der Waals surface area contributed by atoms with Gasteiger partial charge in [-0.25, -0.2) is 14.4 Å². The number of aromatic nitrogens is 3. The maximum absolute atomic E-state index is 13.9. The van der Waals surface area contributed by atoms with Crippen LogP contribution in [0, 0.1) is 12.7 Å². The van der Waals surface area contributed by atoms with E-state index >= 15 is 0 Å². The van der Waals surface area contributed by atoms with Gasteiger partial charge in [0.2, 0.25) is 0 Å². The molecule has 0 saturated heterocycles. The molecule has 7 heteroatoms. The Morgan fingerprint density at radius 1 is 1.48 bits per heavy atom. The Morgan fingerprint density at radius 2 is 2.30 bits per heavy atom. The Balaban J connectivity index is 1.73. The van der Waals surface area contributed by atoms with Gasteiger partial charge in [-0.2, -0.15) is 0 Å². The summed E-state index contributed by atoms with van der Waals surface area (Å²) in [6.07, 6.45) is 0.739. The fraction of sp³-hybridized carbons (Fsp3) is 0.312. The van der Waals surface area contributed by atoms with E-state index in [4.69, 9.17) is 0 Å². The second kappa shape index (κ2) is 5.13. The van der Waals surface area contributed by atoms with Crippen LogP contribution in [-0.2, 0) is 6.42 Å². The van der Waals surface area contributed by atoms with E-state index in [1.165, 1.54) is 6.07 Å². The smallest absolute Gasteiger partial charge is 0.290 e. The highest BCUT2D eigenvalue weighted by atomic mass is 32.1. The summed E-state index contributed by atoms with van der Waals surface area (Å²) in [5, 5.41) is 0. The molecule has 1 aliphatic heterocycles. The lowest BCUT2D eigenvalue weighted by atomic mass is 10.1. The summed E-state index contributed by atoms with van der Waals surface area (Å²) >= 11 is 1.56. The number of thiazole rings is 1. The lowest BCUT2D eigenvalue weighted by Gasteiger charge is -2.32. The van der Waals surface area contributed by atoms with Gasteiger partial charge >= 0.3 is 0 Å². The van der Waals surface area contributed by atoms with Gasteiger partial charge in [0.25, 0.3) is 5.91 Å². The maximum Gasteiger partial charge on any atom is 0.290 e. The molecule has 0 saturated carbocycles. The molecule has 0 spiro atoms. The van der Waals surface area contributed by atoms with Crippen LogP contribution < -0.4 is 0 Å². The summed E-state index contributed by atoms with van der Waals surface area (Å²) in [6, 6.07) is 3.01. The lowest BCUT2D eigenvalue weighted by molar-refractivity contribution is 0.0669. The number of imidazole rings is 1. The maximum atomic E-state index is 13.9. The average Bonchev–Trinajstić information content (AvgIpc) is 3.18. The monoisotopic (exact) mass is 330 g/mol. The van der Waals surface area contributed by atoms with Gasteiger partial charge in [-0.15, -0.1) is 11.3 Å². The van der Waals surface area contributed by atoms with Gasteiger partial charge in [-0.05, 0) is 25.5 Å². The molecule has 4 rings (SSSR count). The Hall–Kier alpha value is -2.28. The average molecular weight is 330 g/mol. The third kappa shape index (κ3) is 2.15. The number of carbonyl (C=O) groups excluding carboxylic acids is 1. The summed E-state index contributed by atoms with van der Waals surface area (Å²) in [4.78, 5) is 27.2. The van der Waals surface area contributed by atoms with Gasteiger partial charge in [0, 0.05) is 17.8 Å². The number of halogens is 1. The highest BCUT2D eigenvalue weighted by Crippen LogP contribution is 2.32. The number of aromatic amines is 1. The van der Waals surface area contributed by atoms with E-state index < -0.39 is 5.82 Å². The number of aryl methyl sites for hydroxylation is 1. The molecule has 0 fully saturated rings. The molecule has 0 unspecified atom stereocenters. The standard InChI is InChI=1S/C16H15FN4OS/c1-8-3-4-10(17)13-12(8)19-15(20-13)16(22)21-6-5-11-14(9(21)2)23-7-18-11/h3-4,7,9H,5-6H2,1-2H3,(H,19,20)/t9-/m1/s1. The first-order valence-corrected chi connectivity index (χ1v) is 8.32. The van der Waals surface area contributed by atoms with Crippen molar-refractivity contribution in [3.05, 3.63) is 45.4 Å². The molecule has 3 aromatic rings. The van der Waals surface area contributed by atoms with E-state index in [9.17, 15) is 9.18 Å². The number of rotatable bonds is 1. The summed E-state index contributed by atoms with van der Waals surface area (Å²) in [5.74, 6) is -0.433. The molecule has 3 heterocycles. The summed E-state index contributed by atoms with van der Waals surface area (Å²) in [6.45, 7) is 4.44. The molecule has 1 aliphatic rings. The molecule has 0 radical (unpaired) electrons. The van der Waals surface area contributed by atoms with E-state index in [0.29, 0.717) is 12.1 Å². The molecule has 1 N–H and O–H groups in total. The summed E-state index contributed by atoms with van der Waals surface area (Å²) in [7, 11) is 0. The zero-order valence-corrected chi connectivity index (χ0v) is 13.6. The van der Waals surface area contributed by atoms with E-state index in [1.807, 2.05) is 19.4 Å². The third-order valence-corrected chi connectivity index (χ3v) is 5.42. The molecule has 23 heavy (non-hydrogen) atoms. The number of carbonyl (C=O) groups is 1. The molecular weight excluding hydrogens is 315 g/mol. The minimum atomic E-state index is -0.419. The molecule has 2 aromatic heterocycles. The third-order valence-electron chi connectivity index (χ3n) is 4.38. The minimum Gasteiger partial charge on any atom is -0.334 e. The van der Waals surface area contributed by atoms with Crippen LogP contribution in [0.25, 0.3) is 11.0 Å². The second-order valence-electron chi connectivity index (χ2n) is 5.76. The van der Waals surface area contributed by atoms with Crippen LogP contribution in [0.4, 0.5) is 4.39 Å². The van der Waals surface area contributed by atoms with Crippen molar-refractivity contribution >= 4 is 28.3 Å². The second-order valence-corrected chi connectivity index (χ2v) is 6.65. The quantitative estimate of drug-likeness (QED) is 0.745. The van der Waals surface area contributed by atoms with Crippen LogP contribution >= 0.6 is 11.3 Å². The van der Waals surface area contributed by atoms with Gasteiger partial charge in [-0.1, -0.05) is 6.07 Å². The van der Waals surface area contributed by atoms with E-state index in [1.54, 1.807) is 22.3 Å². The van der Waals surface area contributed by atoms with Crippen molar-refractivity contribution in [2.24, 2.45) is 0 Å². The molecule has 5 nitrogen and oxygen atoms in total. The van der Waals surface area contributed by atoms with E-state index in [-0.39, 0.29) is 23.3 Å². The normalized spacial score (nSPS) is 17.5. The Labute approximate surface area is 136 Å². The van der Waals surface area contributed by atoms with Crippen molar-refractivity contribution in [2.75, 3.05) is 6.54 Å². The van der Waals surface area contributed by atoms with Crippen LogP contribution in [0.3, 0.4) is 0 Å². The zero-order valence-electron chi connectivity index (χ0n) is 12.8. The van der Waals surface area contributed by atoms with Crippen molar-refractivity contribution < 1.29 is 9.18 Å². The first kappa shape index (κ1) is 14.3. The fourth-order valence-corrected chi connectivity index (χ4v) is 3.98. The number of nitrogens with zero attached hydrogens (tertiary/aromatic N) is 3. The summed E-state index contributed by atoms with van der Waals surface area (Å²) in [5.41, 5.74) is 4.55. The number of fused-ring (bicyclic) bond motifs is 2. The molecule has 0 aliphatic carbocycles. The predicted molar refractivity (Wildman–Crippen MR) is 86.1 cm³/mol. The van der Waals surface area contributed by atoms with E-state index in [2.05, 4.69) is 15.0 Å². The highest BCUT2D eigenvalue weighted by molar-refractivity contribution is 7.09. The number of nitrogens with one attached hydrogen (secondary N) is 1. The van der Waals surface area contributed by atoms with Crippen LogP contribution in [-0.4, -0.2) is 32.3 Å². The van der Waals surface area contributed by atoms with Gasteiger partial charge in [-0.3, -0.25) is 4.79 Å². The topological polar surface area (TPSA) is 61.9 Å². The highest BCUT2D eigenvalue weighted by Gasteiger charge is 2.31. The first-order valence-electron chi connectivity index (χ1n) is 7.44. The largest absolute Gasteiger partial charge is 0.334 e. The van der Waals surface area contributed by atoms with Crippen LogP contribution in [0.5, 0.6) is 0 Å². The SMILES string of the molecule is Cc1ccc(F)c2nc(C(=O)N3CCc4ncsc4[C@H]3C)[nH]c12. The molecule has 1 amide bonds. The van der Waals surface area contributed by atoms with Gasteiger partial charge in [0.15, 0.2) is 11.6 Å². The van der Waals surface area contributed by atoms with Gasteiger partial charge in [0.1, 0.15) is 5.52 Å². The Bertz CT molecular complexity index is 877. The molecule has 1 atom stereocenters. The Morgan fingerprint density at radius 3 is 3.09 bits per heavy atom. The number of amides is 1. The van der Waals surface area contributed by atoms with Crippen LogP contribution in [0.1, 0.15) is 39.7 Å². The van der Waals surface area contributed by atoms with Crippen molar-refractivity contribution in [3.63, 3.8) is 0 Å². The Kier molecular flexibility index (Phi) is 3.19. The van der Waals surface area contributed by atoms with Gasteiger partial charge in [0.05, 0.1) is 22.8 Å². The fourth-order valence-electron chi connectivity index (χ4n) is 3.07. The molecular formula is C16H15FN4OS. The number of hydrogen-bond acceptors (Lipinski definition) is 4. The van der Waals surface area contributed by atoms with Crippen molar-refractivity contribution in [3.8, 4) is 0 Å². The van der Waals surface area contributed by atoms with Gasteiger partial charge < -0.3 is 9.88 Å². The lowest BCUT2D eigenvalue weighted by Crippen LogP contribution is -2.38.